The number of nitrogens with zero attached hydrogens (tertiary/aromatic N) is 2. The highest BCUT2D eigenvalue weighted by atomic mass is 16.2. The Morgan fingerprint density at radius 1 is 1.11 bits per heavy atom. The van der Waals surface area contributed by atoms with Crippen LogP contribution in [0.2, 0.25) is 0 Å². The molecule has 1 unspecified atom stereocenters. The standard InChI is InChI=1S/C14H27N3O/c1-2-8-15-13-7-6-11-17(12-13)14(18)16-9-4-3-5-10-16/h13,15H,2-12H2,1H3. The number of hydrogen-bond acceptors (Lipinski definition) is 2. The fraction of sp³-hybridized carbons (Fsp3) is 0.929. The fourth-order valence-corrected chi connectivity index (χ4v) is 2.95. The van der Waals surface area contributed by atoms with Crippen LogP contribution in [0.4, 0.5) is 4.79 Å². The lowest BCUT2D eigenvalue weighted by atomic mass is 10.1. The topological polar surface area (TPSA) is 35.6 Å². The van der Waals surface area contributed by atoms with Crippen molar-refractivity contribution < 1.29 is 4.79 Å². The fourth-order valence-electron chi connectivity index (χ4n) is 2.95. The number of rotatable bonds is 3. The number of likely N-dealkylation sites (tertiary alicyclic amines) is 2. The smallest absolute Gasteiger partial charge is 0.320 e. The molecule has 2 aliphatic heterocycles. The summed E-state index contributed by atoms with van der Waals surface area (Å²) in [7, 11) is 0. The van der Waals surface area contributed by atoms with Crippen LogP contribution in [0.1, 0.15) is 45.4 Å². The van der Waals surface area contributed by atoms with Crippen LogP contribution in [-0.4, -0.2) is 54.6 Å². The van der Waals surface area contributed by atoms with Crippen molar-refractivity contribution in [2.75, 3.05) is 32.7 Å². The third-order valence-electron chi connectivity index (χ3n) is 4.00. The van der Waals surface area contributed by atoms with Crippen molar-refractivity contribution >= 4 is 6.03 Å². The van der Waals surface area contributed by atoms with Gasteiger partial charge >= 0.3 is 6.03 Å². The molecule has 18 heavy (non-hydrogen) atoms. The summed E-state index contributed by atoms with van der Waals surface area (Å²) in [6.07, 6.45) is 7.15. The van der Waals surface area contributed by atoms with Gasteiger partial charge in [0.05, 0.1) is 0 Å². The number of carbonyl (C=O) groups is 1. The normalized spacial score (nSPS) is 25.3. The molecule has 4 nitrogen and oxygen atoms in total. The van der Waals surface area contributed by atoms with Gasteiger partial charge in [0.15, 0.2) is 0 Å². The van der Waals surface area contributed by atoms with Crippen molar-refractivity contribution in [2.45, 2.75) is 51.5 Å². The Morgan fingerprint density at radius 3 is 2.56 bits per heavy atom. The molecule has 2 heterocycles. The zero-order valence-electron chi connectivity index (χ0n) is 11.7. The first-order valence-electron chi connectivity index (χ1n) is 7.58. The van der Waals surface area contributed by atoms with E-state index in [0.717, 1.165) is 45.6 Å². The molecule has 2 aliphatic rings. The lowest BCUT2D eigenvalue weighted by Crippen LogP contribution is -2.53. The summed E-state index contributed by atoms with van der Waals surface area (Å²) in [5.74, 6) is 0. The Kier molecular flexibility index (Phi) is 5.29. The highest BCUT2D eigenvalue weighted by molar-refractivity contribution is 5.74. The van der Waals surface area contributed by atoms with E-state index in [1.54, 1.807) is 0 Å². The Bertz CT molecular complexity index is 264. The van der Waals surface area contributed by atoms with Gasteiger partial charge in [-0.05, 0) is 45.1 Å². The maximum atomic E-state index is 12.4. The molecule has 0 aromatic carbocycles. The van der Waals surface area contributed by atoms with Gasteiger partial charge in [-0.15, -0.1) is 0 Å². The molecule has 2 amide bonds. The number of piperidine rings is 2. The molecule has 4 heteroatoms. The van der Waals surface area contributed by atoms with Gasteiger partial charge in [-0.1, -0.05) is 6.92 Å². The Morgan fingerprint density at radius 2 is 1.83 bits per heavy atom. The zero-order valence-corrected chi connectivity index (χ0v) is 11.7. The molecular weight excluding hydrogens is 226 g/mol. The van der Waals surface area contributed by atoms with Crippen molar-refractivity contribution in [2.24, 2.45) is 0 Å². The van der Waals surface area contributed by atoms with Crippen LogP contribution in [0.5, 0.6) is 0 Å². The highest BCUT2D eigenvalue weighted by Gasteiger charge is 2.27. The molecule has 2 saturated heterocycles. The molecule has 0 saturated carbocycles. The van der Waals surface area contributed by atoms with Crippen molar-refractivity contribution in [3.63, 3.8) is 0 Å². The first-order valence-corrected chi connectivity index (χ1v) is 7.58. The SMILES string of the molecule is CCCNC1CCCN(C(=O)N2CCCCC2)C1. The maximum absolute atomic E-state index is 12.4. The zero-order chi connectivity index (χ0) is 12.8. The van der Waals surface area contributed by atoms with Crippen molar-refractivity contribution in [3.05, 3.63) is 0 Å². The van der Waals surface area contributed by atoms with Crippen molar-refractivity contribution in [1.29, 1.82) is 0 Å². The number of amides is 2. The van der Waals surface area contributed by atoms with Gasteiger partial charge in [0.25, 0.3) is 0 Å². The Hall–Kier alpha value is -0.770. The third-order valence-corrected chi connectivity index (χ3v) is 4.00. The molecule has 0 radical (unpaired) electrons. The second-order valence-corrected chi connectivity index (χ2v) is 5.57. The first kappa shape index (κ1) is 13.7. The molecule has 0 spiro atoms. The number of urea groups is 1. The van der Waals surface area contributed by atoms with Crippen LogP contribution < -0.4 is 5.32 Å². The van der Waals surface area contributed by atoms with E-state index in [4.69, 9.17) is 0 Å². The van der Waals surface area contributed by atoms with E-state index in [9.17, 15) is 4.79 Å². The minimum atomic E-state index is 0.276. The molecule has 0 aliphatic carbocycles. The van der Waals surface area contributed by atoms with Crippen LogP contribution >= 0.6 is 0 Å². The van der Waals surface area contributed by atoms with Crippen LogP contribution in [0, 0.1) is 0 Å². The van der Waals surface area contributed by atoms with Crippen LogP contribution in [0.3, 0.4) is 0 Å². The summed E-state index contributed by atoms with van der Waals surface area (Å²) in [4.78, 5) is 16.5. The van der Waals surface area contributed by atoms with Gasteiger partial charge in [-0.3, -0.25) is 0 Å². The second-order valence-electron chi connectivity index (χ2n) is 5.57. The first-order chi connectivity index (χ1) is 8.81. The van der Waals surface area contributed by atoms with Gasteiger partial charge < -0.3 is 15.1 Å². The van der Waals surface area contributed by atoms with E-state index in [1.165, 1.54) is 25.7 Å². The largest absolute Gasteiger partial charge is 0.325 e. The van der Waals surface area contributed by atoms with E-state index in [-0.39, 0.29) is 6.03 Å². The molecule has 2 fully saturated rings. The minimum absolute atomic E-state index is 0.276. The maximum Gasteiger partial charge on any atom is 0.320 e. The molecule has 1 atom stereocenters. The lowest BCUT2D eigenvalue weighted by molar-refractivity contribution is 0.126. The number of nitrogens with one attached hydrogen (secondary N) is 1. The van der Waals surface area contributed by atoms with E-state index in [0.29, 0.717) is 6.04 Å². The molecule has 104 valence electrons. The monoisotopic (exact) mass is 253 g/mol. The van der Waals surface area contributed by atoms with E-state index in [2.05, 4.69) is 17.1 Å². The van der Waals surface area contributed by atoms with E-state index < -0.39 is 0 Å². The van der Waals surface area contributed by atoms with E-state index >= 15 is 0 Å². The summed E-state index contributed by atoms with van der Waals surface area (Å²) in [6.45, 7) is 7.02. The number of hydrogen-bond donors (Lipinski definition) is 1. The highest BCUT2D eigenvalue weighted by Crippen LogP contribution is 2.15. The van der Waals surface area contributed by atoms with Gasteiger partial charge in [0, 0.05) is 32.2 Å². The Balaban J connectivity index is 1.81. The van der Waals surface area contributed by atoms with Crippen molar-refractivity contribution in [3.8, 4) is 0 Å². The predicted octanol–water partition coefficient (Wildman–Crippen LogP) is 2.06. The molecular formula is C14H27N3O. The summed E-state index contributed by atoms with van der Waals surface area (Å²) in [5.41, 5.74) is 0. The summed E-state index contributed by atoms with van der Waals surface area (Å²) >= 11 is 0. The quantitative estimate of drug-likeness (QED) is 0.835. The molecule has 1 N–H and O–H groups in total. The van der Waals surface area contributed by atoms with Gasteiger partial charge in [0.1, 0.15) is 0 Å². The molecule has 2 rings (SSSR count). The molecule has 0 aromatic rings. The predicted molar refractivity (Wildman–Crippen MR) is 73.7 cm³/mol. The van der Waals surface area contributed by atoms with E-state index in [1.807, 2.05) is 4.90 Å². The van der Waals surface area contributed by atoms with Gasteiger partial charge in [-0.2, -0.15) is 0 Å². The van der Waals surface area contributed by atoms with Crippen LogP contribution in [-0.2, 0) is 0 Å². The van der Waals surface area contributed by atoms with Crippen molar-refractivity contribution in [1.82, 2.24) is 15.1 Å². The van der Waals surface area contributed by atoms with Gasteiger partial charge in [0.2, 0.25) is 0 Å². The second kappa shape index (κ2) is 6.98. The average Bonchev–Trinajstić information content (AvgIpc) is 2.45. The minimum Gasteiger partial charge on any atom is -0.325 e. The summed E-state index contributed by atoms with van der Waals surface area (Å²) < 4.78 is 0. The average molecular weight is 253 g/mol. The summed E-state index contributed by atoms with van der Waals surface area (Å²) in [5, 5.41) is 3.55. The molecule has 0 bridgehead atoms. The van der Waals surface area contributed by atoms with Crippen LogP contribution in [0.25, 0.3) is 0 Å². The molecule has 0 aromatic heterocycles. The van der Waals surface area contributed by atoms with Crippen LogP contribution in [0.15, 0.2) is 0 Å². The summed E-state index contributed by atoms with van der Waals surface area (Å²) in [6, 6.07) is 0.783. The van der Waals surface area contributed by atoms with Gasteiger partial charge in [-0.25, -0.2) is 4.79 Å². The third kappa shape index (κ3) is 3.61. The number of carbonyl (C=O) groups excluding carboxylic acids is 1. The lowest BCUT2D eigenvalue weighted by Gasteiger charge is -2.38. The Labute approximate surface area is 111 Å².